The topological polar surface area (TPSA) is 67.6 Å². The largest absolute Gasteiger partial charge is 0.383 e. The zero-order chi connectivity index (χ0) is 13.5. The molecule has 1 unspecified atom stereocenters. The number of nitrogens with two attached hydrogens (primary N) is 1. The molecule has 0 heterocycles. The number of carbonyl (C=O) groups is 1. The first-order valence-electron chi connectivity index (χ1n) is 5.83. The fraction of sp³-hybridized carbons (Fsp3) is 0.462. The average molecular weight is 251 g/mol. The summed E-state index contributed by atoms with van der Waals surface area (Å²) >= 11 is 0. The number of hydrogen-bond donors (Lipinski definition) is 2. The number of methoxy groups -OCH3 is 1. The Kier molecular flexibility index (Phi) is 5.61. The normalized spacial score (nSPS) is 12.0. The fourth-order valence-electron chi connectivity index (χ4n) is 1.67. The molecule has 3 N–H and O–H groups in total. The number of nitrogens with one attached hydrogen (secondary N) is 1. The highest BCUT2D eigenvalue weighted by atomic mass is 16.5. The molecule has 0 aliphatic heterocycles. The van der Waals surface area contributed by atoms with Gasteiger partial charge in [0, 0.05) is 33.4 Å². The van der Waals surface area contributed by atoms with E-state index in [4.69, 9.17) is 10.5 Å². The Morgan fingerprint density at radius 3 is 2.72 bits per heavy atom. The molecule has 18 heavy (non-hydrogen) atoms. The van der Waals surface area contributed by atoms with Crippen molar-refractivity contribution >= 4 is 11.6 Å². The second-order valence-corrected chi connectivity index (χ2v) is 4.30. The van der Waals surface area contributed by atoms with Crippen LogP contribution in [0.5, 0.6) is 0 Å². The van der Waals surface area contributed by atoms with Crippen LogP contribution in [0.25, 0.3) is 0 Å². The molecular formula is C13H21N3O2. The van der Waals surface area contributed by atoms with Gasteiger partial charge in [-0.1, -0.05) is 18.2 Å². The van der Waals surface area contributed by atoms with E-state index >= 15 is 0 Å². The van der Waals surface area contributed by atoms with Crippen LogP contribution >= 0.6 is 0 Å². The van der Waals surface area contributed by atoms with E-state index in [1.54, 1.807) is 0 Å². The maximum absolute atomic E-state index is 11.7. The number of amides is 1. The summed E-state index contributed by atoms with van der Waals surface area (Å²) < 4.78 is 4.84. The van der Waals surface area contributed by atoms with E-state index < -0.39 is 6.04 Å². The summed E-state index contributed by atoms with van der Waals surface area (Å²) in [6.07, 6.45) is 0. The number of rotatable bonds is 6. The van der Waals surface area contributed by atoms with Gasteiger partial charge in [-0.3, -0.25) is 4.79 Å². The monoisotopic (exact) mass is 251 g/mol. The van der Waals surface area contributed by atoms with Gasteiger partial charge in [0.25, 0.3) is 0 Å². The van der Waals surface area contributed by atoms with E-state index in [2.05, 4.69) is 5.32 Å². The molecule has 1 aromatic carbocycles. The minimum Gasteiger partial charge on any atom is -0.383 e. The SMILES string of the molecule is COCC(N)C(=O)NCc1ccccc1N(C)C. The lowest BCUT2D eigenvalue weighted by Crippen LogP contribution is -2.43. The lowest BCUT2D eigenvalue weighted by molar-refractivity contribution is -0.123. The van der Waals surface area contributed by atoms with Gasteiger partial charge in [-0.05, 0) is 11.6 Å². The van der Waals surface area contributed by atoms with Gasteiger partial charge in [0.15, 0.2) is 0 Å². The van der Waals surface area contributed by atoms with Crippen LogP contribution in [0.4, 0.5) is 5.69 Å². The first kappa shape index (κ1) is 14.5. The summed E-state index contributed by atoms with van der Waals surface area (Å²) in [7, 11) is 5.46. The van der Waals surface area contributed by atoms with Crippen LogP contribution in [0.2, 0.25) is 0 Å². The highest BCUT2D eigenvalue weighted by Crippen LogP contribution is 2.17. The third-order valence-electron chi connectivity index (χ3n) is 2.61. The van der Waals surface area contributed by atoms with Gasteiger partial charge in [0.1, 0.15) is 6.04 Å². The summed E-state index contributed by atoms with van der Waals surface area (Å²) in [6, 6.07) is 7.29. The minimum atomic E-state index is -0.624. The predicted octanol–water partition coefficient (Wildman–Crippen LogP) is 0.343. The van der Waals surface area contributed by atoms with Crippen molar-refractivity contribution < 1.29 is 9.53 Å². The third kappa shape index (κ3) is 4.01. The maximum Gasteiger partial charge on any atom is 0.239 e. The van der Waals surface area contributed by atoms with Gasteiger partial charge in [0.2, 0.25) is 5.91 Å². The summed E-state index contributed by atoms with van der Waals surface area (Å²) in [5.74, 6) is -0.203. The molecule has 0 aliphatic rings. The van der Waals surface area contributed by atoms with Crippen LogP contribution in [0.1, 0.15) is 5.56 Å². The van der Waals surface area contributed by atoms with Crippen molar-refractivity contribution in [3.8, 4) is 0 Å². The second-order valence-electron chi connectivity index (χ2n) is 4.30. The molecule has 100 valence electrons. The molecule has 1 rings (SSSR count). The van der Waals surface area contributed by atoms with Gasteiger partial charge < -0.3 is 20.7 Å². The van der Waals surface area contributed by atoms with Crippen molar-refractivity contribution in [2.45, 2.75) is 12.6 Å². The van der Waals surface area contributed by atoms with Gasteiger partial charge in [-0.2, -0.15) is 0 Å². The molecule has 0 radical (unpaired) electrons. The average Bonchev–Trinajstić information content (AvgIpc) is 2.36. The molecule has 0 aliphatic carbocycles. The molecule has 0 aromatic heterocycles. The van der Waals surface area contributed by atoms with Gasteiger partial charge >= 0.3 is 0 Å². The zero-order valence-corrected chi connectivity index (χ0v) is 11.1. The second kappa shape index (κ2) is 6.98. The molecule has 0 fully saturated rings. The van der Waals surface area contributed by atoms with E-state index in [-0.39, 0.29) is 12.5 Å². The van der Waals surface area contributed by atoms with E-state index in [0.717, 1.165) is 11.3 Å². The van der Waals surface area contributed by atoms with Crippen molar-refractivity contribution in [3.63, 3.8) is 0 Å². The highest BCUT2D eigenvalue weighted by Gasteiger charge is 2.13. The van der Waals surface area contributed by atoms with E-state index in [1.165, 1.54) is 7.11 Å². The van der Waals surface area contributed by atoms with Crippen LogP contribution < -0.4 is 16.0 Å². The van der Waals surface area contributed by atoms with Crippen molar-refractivity contribution in [1.29, 1.82) is 0 Å². The van der Waals surface area contributed by atoms with E-state index in [1.807, 2.05) is 43.3 Å². The van der Waals surface area contributed by atoms with Crippen LogP contribution in [0.15, 0.2) is 24.3 Å². The highest BCUT2D eigenvalue weighted by molar-refractivity contribution is 5.81. The fourth-order valence-corrected chi connectivity index (χ4v) is 1.67. The van der Waals surface area contributed by atoms with Crippen LogP contribution in [0.3, 0.4) is 0 Å². The Hall–Kier alpha value is -1.59. The Balaban J connectivity index is 2.61. The number of carbonyl (C=O) groups excluding carboxylic acids is 1. The van der Waals surface area contributed by atoms with Gasteiger partial charge in [-0.25, -0.2) is 0 Å². The molecule has 0 bridgehead atoms. The molecule has 1 atom stereocenters. The molecule has 5 heteroatoms. The molecule has 1 amide bonds. The van der Waals surface area contributed by atoms with Crippen LogP contribution in [0, 0.1) is 0 Å². The van der Waals surface area contributed by atoms with Gasteiger partial charge in [0.05, 0.1) is 6.61 Å². The smallest absolute Gasteiger partial charge is 0.239 e. The van der Waals surface area contributed by atoms with Crippen LogP contribution in [-0.2, 0) is 16.1 Å². The number of nitrogens with zero attached hydrogens (tertiary/aromatic N) is 1. The van der Waals surface area contributed by atoms with Crippen molar-refractivity contribution in [3.05, 3.63) is 29.8 Å². The number of anilines is 1. The summed E-state index contributed by atoms with van der Waals surface area (Å²) in [4.78, 5) is 13.7. The van der Waals surface area contributed by atoms with Crippen molar-refractivity contribution in [2.75, 3.05) is 32.7 Å². The summed E-state index contributed by atoms with van der Waals surface area (Å²) in [5, 5.41) is 2.81. The number of hydrogen-bond acceptors (Lipinski definition) is 4. The first-order valence-corrected chi connectivity index (χ1v) is 5.83. The predicted molar refractivity (Wildman–Crippen MR) is 72.5 cm³/mol. The lowest BCUT2D eigenvalue weighted by atomic mass is 10.1. The number of benzene rings is 1. The number of ether oxygens (including phenoxy) is 1. The Morgan fingerprint density at radius 2 is 2.11 bits per heavy atom. The third-order valence-corrected chi connectivity index (χ3v) is 2.61. The molecular weight excluding hydrogens is 230 g/mol. The van der Waals surface area contributed by atoms with E-state index in [0.29, 0.717) is 6.54 Å². The molecule has 0 spiro atoms. The maximum atomic E-state index is 11.7. The quantitative estimate of drug-likeness (QED) is 0.765. The molecule has 0 saturated carbocycles. The summed E-state index contributed by atoms with van der Waals surface area (Å²) in [5.41, 5.74) is 7.78. The first-order chi connectivity index (χ1) is 8.56. The Labute approximate surface area is 108 Å². The van der Waals surface area contributed by atoms with Crippen molar-refractivity contribution in [1.82, 2.24) is 5.32 Å². The van der Waals surface area contributed by atoms with Gasteiger partial charge in [-0.15, -0.1) is 0 Å². The molecule has 5 nitrogen and oxygen atoms in total. The Morgan fingerprint density at radius 1 is 1.44 bits per heavy atom. The molecule has 0 saturated heterocycles. The molecule has 1 aromatic rings. The van der Waals surface area contributed by atoms with E-state index in [9.17, 15) is 4.79 Å². The lowest BCUT2D eigenvalue weighted by Gasteiger charge is -2.18. The standard InChI is InChI=1S/C13H21N3O2/c1-16(2)12-7-5-4-6-10(12)8-15-13(17)11(14)9-18-3/h4-7,11H,8-9,14H2,1-3H3,(H,15,17). The van der Waals surface area contributed by atoms with Crippen LogP contribution in [-0.4, -0.2) is 39.8 Å². The number of para-hydroxylation sites is 1. The summed E-state index contributed by atoms with van der Waals surface area (Å²) in [6.45, 7) is 0.686. The Bertz CT molecular complexity index is 394. The minimum absolute atomic E-state index is 0.203. The zero-order valence-electron chi connectivity index (χ0n) is 11.1. The van der Waals surface area contributed by atoms with Crippen molar-refractivity contribution in [2.24, 2.45) is 5.73 Å².